The number of pyridine rings is 1. The van der Waals surface area contributed by atoms with Crippen LogP contribution in [0.1, 0.15) is 27.0 Å². The van der Waals surface area contributed by atoms with Crippen LogP contribution in [0.2, 0.25) is 5.02 Å². The van der Waals surface area contributed by atoms with Gasteiger partial charge in [0.15, 0.2) is 0 Å². The maximum atomic E-state index is 13.1. The summed E-state index contributed by atoms with van der Waals surface area (Å²) in [7, 11) is 0. The van der Waals surface area contributed by atoms with E-state index in [4.69, 9.17) is 16.3 Å². The number of hydrogen-bond acceptors (Lipinski definition) is 4. The third-order valence-electron chi connectivity index (χ3n) is 4.89. The number of aromatic nitrogens is 1. The van der Waals surface area contributed by atoms with E-state index < -0.39 is 5.97 Å². The molecule has 0 fully saturated rings. The highest BCUT2D eigenvalue weighted by Crippen LogP contribution is 2.32. The molecule has 29 heavy (non-hydrogen) atoms. The smallest absolute Gasteiger partial charge is 0.336 e. The van der Waals surface area contributed by atoms with Crippen molar-refractivity contribution < 1.29 is 19.0 Å². The van der Waals surface area contributed by atoms with Crippen molar-refractivity contribution >= 4 is 23.4 Å². The number of fused-ring (bicyclic) bond motifs is 1. The fourth-order valence-electron chi connectivity index (χ4n) is 3.47. The summed E-state index contributed by atoms with van der Waals surface area (Å²) in [4.78, 5) is 17.9. The molecule has 1 aliphatic heterocycles. The number of carbonyl (C=O) groups is 1. The number of ether oxygens (including phenoxy) is 1. The quantitative estimate of drug-likeness (QED) is 0.635. The molecule has 0 atom stereocenters. The molecule has 0 saturated heterocycles. The number of halogens is 2. The summed E-state index contributed by atoms with van der Waals surface area (Å²) in [6, 6.07) is 13.1. The van der Waals surface area contributed by atoms with Crippen LogP contribution >= 0.6 is 11.6 Å². The lowest BCUT2D eigenvalue weighted by Crippen LogP contribution is -2.21. The summed E-state index contributed by atoms with van der Waals surface area (Å²) >= 11 is 6.19. The Labute approximate surface area is 172 Å². The Kier molecular flexibility index (Phi) is 5.36. The number of carboxylic acid groups (broad SMARTS) is 1. The van der Waals surface area contributed by atoms with Gasteiger partial charge in [-0.1, -0.05) is 23.7 Å². The molecule has 148 valence electrons. The Balaban J connectivity index is 1.56. The average molecular weight is 413 g/mol. The van der Waals surface area contributed by atoms with Gasteiger partial charge in [0.25, 0.3) is 0 Å². The van der Waals surface area contributed by atoms with Gasteiger partial charge < -0.3 is 14.7 Å². The molecule has 3 aromatic rings. The zero-order chi connectivity index (χ0) is 20.4. The van der Waals surface area contributed by atoms with Crippen molar-refractivity contribution in [2.75, 3.05) is 11.4 Å². The van der Waals surface area contributed by atoms with E-state index in [0.29, 0.717) is 42.7 Å². The van der Waals surface area contributed by atoms with E-state index in [0.717, 1.165) is 16.7 Å². The van der Waals surface area contributed by atoms with E-state index in [1.165, 1.54) is 24.4 Å². The first-order valence-electron chi connectivity index (χ1n) is 9.13. The summed E-state index contributed by atoms with van der Waals surface area (Å²) in [5.74, 6) is 0.106. The van der Waals surface area contributed by atoms with Gasteiger partial charge in [0.2, 0.25) is 0 Å². The van der Waals surface area contributed by atoms with E-state index in [-0.39, 0.29) is 11.4 Å². The lowest BCUT2D eigenvalue weighted by molar-refractivity contribution is 0.0696. The second kappa shape index (κ2) is 8.09. The number of benzene rings is 2. The van der Waals surface area contributed by atoms with Crippen molar-refractivity contribution in [1.82, 2.24) is 4.98 Å². The second-order valence-electron chi connectivity index (χ2n) is 6.80. The Morgan fingerprint density at radius 3 is 2.76 bits per heavy atom. The van der Waals surface area contributed by atoms with Crippen molar-refractivity contribution in [2.24, 2.45) is 0 Å². The van der Waals surface area contributed by atoms with E-state index in [2.05, 4.69) is 4.98 Å². The normalized spacial score (nSPS) is 12.7. The molecule has 5 nitrogen and oxygen atoms in total. The third-order valence-corrected chi connectivity index (χ3v) is 5.12. The molecule has 4 rings (SSSR count). The van der Waals surface area contributed by atoms with Gasteiger partial charge in [0, 0.05) is 35.4 Å². The molecule has 7 heteroatoms. The van der Waals surface area contributed by atoms with Crippen LogP contribution in [0.25, 0.3) is 0 Å². The van der Waals surface area contributed by atoms with Crippen molar-refractivity contribution in [2.45, 2.75) is 19.6 Å². The fourth-order valence-corrected chi connectivity index (χ4v) is 3.66. The maximum Gasteiger partial charge on any atom is 0.336 e. The fraction of sp³-hybridized carbons (Fsp3) is 0.182. The summed E-state index contributed by atoms with van der Waals surface area (Å²) in [5, 5.41) is 9.98. The van der Waals surface area contributed by atoms with Crippen LogP contribution < -0.4 is 9.64 Å². The molecule has 0 unspecified atom stereocenters. The molecular formula is C22H18ClFN2O3. The first-order chi connectivity index (χ1) is 14.0. The largest absolute Gasteiger partial charge is 0.489 e. The number of anilines is 1. The molecule has 0 spiro atoms. The molecule has 0 bridgehead atoms. The monoisotopic (exact) mass is 412 g/mol. The first-order valence-corrected chi connectivity index (χ1v) is 9.51. The van der Waals surface area contributed by atoms with Crippen LogP contribution in [0.4, 0.5) is 10.2 Å². The number of rotatable bonds is 6. The van der Waals surface area contributed by atoms with Crippen LogP contribution in [-0.2, 0) is 19.6 Å². The number of carboxylic acids is 1. The number of hydrogen-bond donors (Lipinski definition) is 1. The topological polar surface area (TPSA) is 62.7 Å². The summed E-state index contributed by atoms with van der Waals surface area (Å²) in [6.45, 7) is 1.45. The summed E-state index contributed by atoms with van der Waals surface area (Å²) in [6.07, 6.45) is 2.14. The van der Waals surface area contributed by atoms with Gasteiger partial charge in [-0.25, -0.2) is 14.2 Å². The van der Waals surface area contributed by atoms with Gasteiger partial charge in [0.05, 0.1) is 5.56 Å². The van der Waals surface area contributed by atoms with Gasteiger partial charge in [-0.2, -0.15) is 0 Å². The van der Waals surface area contributed by atoms with Crippen molar-refractivity contribution in [3.05, 3.63) is 87.8 Å². The van der Waals surface area contributed by atoms with Crippen molar-refractivity contribution in [3.63, 3.8) is 0 Å². The van der Waals surface area contributed by atoms with Crippen LogP contribution in [0, 0.1) is 5.82 Å². The molecule has 0 saturated carbocycles. The zero-order valence-corrected chi connectivity index (χ0v) is 16.2. The number of aromatic carboxylic acids is 1. The van der Waals surface area contributed by atoms with Gasteiger partial charge in [-0.15, -0.1) is 0 Å². The lowest BCUT2D eigenvalue weighted by Gasteiger charge is -2.21. The maximum absolute atomic E-state index is 13.1. The van der Waals surface area contributed by atoms with Crippen LogP contribution in [0.5, 0.6) is 5.75 Å². The zero-order valence-electron chi connectivity index (χ0n) is 15.4. The SMILES string of the molecule is O=C(O)c1ccnc2c1CCN2Cc1cc(Cl)ccc1OCc1ccc(F)cc1. The summed E-state index contributed by atoms with van der Waals surface area (Å²) < 4.78 is 19.0. The molecule has 0 aliphatic carbocycles. The molecule has 2 heterocycles. The minimum Gasteiger partial charge on any atom is -0.489 e. The Hall–Kier alpha value is -3.12. The third kappa shape index (κ3) is 4.17. The predicted octanol–water partition coefficient (Wildman–Crippen LogP) is 4.71. The Bertz CT molecular complexity index is 1060. The van der Waals surface area contributed by atoms with E-state index in [1.54, 1.807) is 24.3 Å². The second-order valence-corrected chi connectivity index (χ2v) is 7.24. The van der Waals surface area contributed by atoms with Crippen molar-refractivity contribution in [3.8, 4) is 5.75 Å². The minimum atomic E-state index is -0.948. The lowest BCUT2D eigenvalue weighted by atomic mass is 10.1. The molecule has 0 amide bonds. The Morgan fingerprint density at radius 2 is 2.00 bits per heavy atom. The first kappa shape index (κ1) is 19.2. The Morgan fingerprint density at radius 1 is 1.21 bits per heavy atom. The molecule has 1 aromatic heterocycles. The van der Waals surface area contributed by atoms with Gasteiger partial charge in [-0.3, -0.25) is 0 Å². The van der Waals surface area contributed by atoms with E-state index >= 15 is 0 Å². The van der Waals surface area contributed by atoms with Gasteiger partial charge >= 0.3 is 5.97 Å². The molecule has 0 radical (unpaired) electrons. The summed E-state index contributed by atoms with van der Waals surface area (Å²) in [5.41, 5.74) is 2.76. The minimum absolute atomic E-state index is 0.288. The van der Waals surface area contributed by atoms with E-state index in [9.17, 15) is 14.3 Å². The van der Waals surface area contributed by atoms with Gasteiger partial charge in [-0.05, 0) is 48.4 Å². The average Bonchev–Trinajstić information content (AvgIpc) is 3.11. The number of nitrogens with zero attached hydrogens (tertiary/aromatic N) is 2. The highest BCUT2D eigenvalue weighted by molar-refractivity contribution is 6.30. The molecule has 2 aromatic carbocycles. The van der Waals surface area contributed by atoms with Gasteiger partial charge in [0.1, 0.15) is 24.0 Å². The van der Waals surface area contributed by atoms with Crippen molar-refractivity contribution in [1.29, 1.82) is 0 Å². The standard InChI is InChI=1S/C22H18ClFN2O3/c23-16-3-6-20(29-13-14-1-4-17(24)5-2-14)15(11-16)12-26-10-8-18-19(22(27)28)7-9-25-21(18)26/h1-7,9,11H,8,10,12-13H2,(H,27,28). The molecule has 1 N–H and O–H groups in total. The highest BCUT2D eigenvalue weighted by atomic mass is 35.5. The van der Waals surface area contributed by atoms with Crippen LogP contribution in [0.3, 0.4) is 0 Å². The van der Waals surface area contributed by atoms with Crippen LogP contribution in [0.15, 0.2) is 54.7 Å². The molecular weight excluding hydrogens is 395 g/mol. The van der Waals surface area contributed by atoms with Crippen LogP contribution in [-0.4, -0.2) is 22.6 Å². The molecule has 1 aliphatic rings. The van der Waals surface area contributed by atoms with E-state index in [1.807, 2.05) is 11.0 Å². The predicted molar refractivity (Wildman–Crippen MR) is 108 cm³/mol. The highest BCUT2D eigenvalue weighted by Gasteiger charge is 2.26.